The van der Waals surface area contributed by atoms with E-state index in [9.17, 15) is 9.18 Å². The molecule has 17 heavy (non-hydrogen) atoms. The van der Waals surface area contributed by atoms with Crippen LogP contribution < -0.4 is 5.32 Å². The Morgan fingerprint density at radius 3 is 3.00 bits per heavy atom. The van der Waals surface area contributed by atoms with Gasteiger partial charge in [-0.3, -0.25) is 9.89 Å². The lowest BCUT2D eigenvalue weighted by Crippen LogP contribution is -2.15. The molecule has 0 saturated heterocycles. The van der Waals surface area contributed by atoms with Gasteiger partial charge in [0.05, 0.1) is 5.69 Å². The Kier molecular flexibility index (Phi) is 2.79. The number of nitrogens with zero attached hydrogens (tertiary/aromatic N) is 3. The number of hydrogen-bond donors (Lipinski definition) is 2. The maximum atomic E-state index is 13.2. The molecule has 0 aliphatic carbocycles. The molecular formula is C10H6FN5O. The summed E-state index contributed by atoms with van der Waals surface area (Å²) < 4.78 is 13.2. The van der Waals surface area contributed by atoms with Crippen LogP contribution in [0.1, 0.15) is 16.2 Å². The van der Waals surface area contributed by atoms with Crippen molar-refractivity contribution in [1.82, 2.24) is 15.2 Å². The van der Waals surface area contributed by atoms with Gasteiger partial charge in [0.1, 0.15) is 23.8 Å². The summed E-state index contributed by atoms with van der Waals surface area (Å²) >= 11 is 0. The second kappa shape index (κ2) is 4.40. The molecular weight excluding hydrogens is 225 g/mol. The zero-order valence-electron chi connectivity index (χ0n) is 8.44. The third-order valence-electron chi connectivity index (χ3n) is 2.00. The number of benzene rings is 1. The van der Waals surface area contributed by atoms with E-state index < -0.39 is 11.7 Å². The SMILES string of the molecule is N#Cc1c(F)cccc1NC(=O)c1ncn[nH]1. The van der Waals surface area contributed by atoms with Crippen molar-refractivity contribution >= 4 is 11.6 Å². The maximum absolute atomic E-state index is 13.2. The second-order valence-corrected chi connectivity index (χ2v) is 3.06. The molecule has 0 atom stereocenters. The number of aromatic nitrogens is 3. The van der Waals surface area contributed by atoms with Gasteiger partial charge >= 0.3 is 0 Å². The molecule has 7 heteroatoms. The lowest BCUT2D eigenvalue weighted by molar-refractivity contribution is 0.101. The molecule has 1 aromatic carbocycles. The third-order valence-corrected chi connectivity index (χ3v) is 2.00. The number of hydrogen-bond acceptors (Lipinski definition) is 4. The van der Waals surface area contributed by atoms with Crippen molar-refractivity contribution in [3.8, 4) is 6.07 Å². The van der Waals surface area contributed by atoms with Crippen LogP contribution in [0.25, 0.3) is 0 Å². The third kappa shape index (κ3) is 2.10. The Morgan fingerprint density at radius 1 is 1.53 bits per heavy atom. The number of aromatic amines is 1. The monoisotopic (exact) mass is 231 g/mol. The summed E-state index contributed by atoms with van der Waals surface area (Å²) in [5.41, 5.74) is -0.130. The van der Waals surface area contributed by atoms with Gasteiger partial charge in [-0.05, 0) is 12.1 Å². The van der Waals surface area contributed by atoms with Crippen molar-refractivity contribution in [2.75, 3.05) is 5.32 Å². The molecule has 0 radical (unpaired) electrons. The Morgan fingerprint density at radius 2 is 2.35 bits per heavy atom. The molecule has 0 aliphatic heterocycles. The zero-order chi connectivity index (χ0) is 12.3. The van der Waals surface area contributed by atoms with Crippen LogP contribution in [0, 0.1) is 17.1 Å². The van der Waals surface area contributed by atoms with Crippen molar-refractivity contribution in [3.63, 3.8) is 0 Å². The largest absolute Gasteiger partial charge is 0.318 e. The fourth-order valence-corrected chi connectivity index (χ4v) is 1.24. The first kappa shape index (κ1) is 10.8. The van der Waals surface area contributed by atoms with Crippen molar-refractivity contribution < 1.29 is 9.18 Å². The molecule has 2 N–H and O–H groups in total. The van der Waals surface area contributed by atoms with Crippen LogP contribution in [0.5, 0.6) is 0 Å². The van der Waals surface area contributed by atoms with Gasteiger partial charge in [0.2, 0.25) is 5.82 Å². The summed E-state index contributed by atoms with van der Waals surface area (Å²) in [7, 11) is 0. The highest BCUT2D eigenvalue weighted by atomic mass is 19.1. The van der Waals surface area contributed by atoms with E-state index in [0.717, 1.165) is 6.07 Å². The van der Waals surface area contributed by atoms with Gasteiger partial charge in [0.15, 0.2) is 0 Å². The van der Waals surface area contributed by atoms with Gasteiger partial charge in [0.25, 0.3) is 5.91 Å². The Bertz CT molecular complexity index is 587. The lowest BCUT2D eigenvalue weighted by Gasteiger charge is -2.05. The van der Waals surface area contributed by atoms with Gasteiger partial charge in [-0.2, -0.15) is 10.4 Å². The second-order valence-electron chi connectivity index (χ2n) is 3.06. The van der Waals surface area contributed by atoms with Gasteiger partial charge in [-0.1, -0.05) is 6.07 Å². The smallest absolute Gasteiger partial charge is 0.293 e. The highest BCUT2D eigenvalue weighted by Crippen LogP contribution is 2.17. The number of nitriles is 1. The lowest BCUT2D eigenvalue weighted by atomic mass is 10.2. The minimum absolute atomic E-state index is 0.0156. The number of amides is 1. The first-order chi connectivity index (χ1) is 8.22. The zero-order valence-corrected chi connectivity index (χ0v) is 8.44. The maximum Gasteiger partial charge on any atom is 0.293 e. The summed E-state index contributed by atoms with van der Waals surface area (Å²) in [4.78, 5) is 15.2. The number of halogens is 1. The molecule has 0 spiro atoms. The molecule has 1 amide bonds. The summed E-state index contributed by atoms with van der Waals surface area (Å²) in [6.07, 6.45) is 1.17. The first-order valence-electron chi connectivity index (χ1n) is 4.57. The van der Waals surface area contributed by atoms with E-state index in [2.05, 4.69) is 20.5 Å². The molecule has 0 saturated carbocycles. The molecule has 2 rings (SSSR count). The standard InChI is InChI=1S/C10H6FN5O/c11-7-2-1-3-8(6(7)4-12)15-10(17)9-13-5-14-16-9/h1-3,5H,(H,15,17)(H,13,14,16). The van der Waals surface area contributed by atoms with Crippen molar-refractivity contribution in [2.45, 2.75) is 0 Å². The summed E-state index contributed by atoms with van der Waals surface area (Å²) in [6, 6.07) is 5.64. The van der Waals surface area contributed by atoms with Crippen molar-refractivity contribution in [3.05, 3.63) is 41.7 Å². The molecule has 0 bridgehead atoms. The molecule has 2 aromatic rings. The average Bonchev–Trinajstić information content (AvgIpc) is 2.82. The normalized spacial score (nSPS) is 9.65. The summed E-state index contributed by atoms with van der Waals surface area (Å²) in [5, 5.41) is 17.0. The highest BCUT2D eigenvalue weighted by Gasteiger charge is 2.13. The Labute approximate surface area is 95.1 Å². The molecule has 1 heterocycles. The van der Waals surface area contributed by atoms with E-state index in [1.165, 1.54) is 18.5 Å². The molecule has 0 fully saturated rings. The molecule has 1 aromatic heterocycles. The van der Waals surface area contributed by atoms with E-state index >= 15 is 0 Å². The predicted molar refractivity (Wildman–Crippen MR) is 55.5 cm³/mol. The van der Waals surface area contributed by atoms with Gasteiger partial charge in [-0.25, -0.2) is 9.37 Å². The van der Waals surface area contributed by atoms with E-state index in [0.29, 0.717) is 0 Å². The van der Waals surface area contributed by atoms with Crippen LogP contribution in [0.4, 0.5) is 10.1 Å². The molecule has 0 unspecified atom stereocenters. The number of nitrogens with one attached hydrogen (secondary N) is 2. The number of H-pyrrole nitrogens is 1. The van der Waals surface area contributed by atoms with Crippen molar-refractivity contribution in [2.24, 2.45) is 0 Å². The summed E-state index contributed by atoms with van der Waals surface area (Å²) in [5.74, 6) is -1.30. The van der Waals surface area contributed by atoms with Crippen LogP contribution in [0.3, 0.4) is 0 Å². The molecule has 0 aliphatic rings. The minimum atomic E-state index is -0.692. The van der Waals surface area contributed by atoms with Gasteiger partial charge < -0.3 is 5.32 Å². The van der Waals surface area contributed by atoms with Crippen LogP contribution >= 0.6 is 0 Å². The van der Waals surface area contributed by atoms with Crippen LogP contribution in [0.15, 0.2) is 24.5 Å². The fraction of sp³-hybridized carbons (Fsp3) is 0. The number of anilines is 1. The first-order valence-corrected chi connectivity index (χ1v) is 4.57. The number of carbonyl (C=O) groups is 1. The minimum Gasteiger partial charge on any atom is -0.318 e. The average molecular weight is 231 g/mol. The predicted octanol–water partition coefficient (Wildman–Crippen LogP) is 1.07. The Balaban J connectivity index is 2.29. The number of rotatable bonds is 2. The topological polar surface area (TPSA) is 94.5 Å². The number of carbonyl (C=O) groups excluding carboxylic acids is 1. The van der Waals surface area contributed by atoms with Gasteiger partial charge in [0, 0.05) is 0 Å². The quantitative estimate of drug-likeness (QED) is 0.808. The van der Waals surface area contributed by atoms with Crippen molar-refractivity contribution in [1.29, 1.82) is 5.26 Å². The van der Waals surface area contributed by atoms with Crippen LogP contribution in [0.2, 0.25) is 0 Å². The van der Waals surface area contributed by atoms with Crippen LogP contribution in [-0.4, -0.2) is 21.1 Å². The fourth-order valence-electron chi connectivity index (χ4n) is 1.24. The van der Waals surface area contributed by atoms with E-state index in [-0.39, 0.29) is 17.1 Å². The van der Waals surface area contributed by atoms with E-state index in [4.69, 9.17) is 5.26 Å². The highest BCUT2D eigenvalue weighted by molar-refractivity contribution is 6.02. The Hall–Kier alpha value is -2.75. The van der Waals surface area contributed by atoms with E-state index in [1.807, 2.05) is 0 Å². The summed E-state index contributed by atoms with van der Waals surface area (Å²) in [6.45, 7) is 0. The van der Waals surface area contributed by atoms with Crippen LogP contribution in [-0.2, 0) is 0 Å². The van der Waals surface area contributed by atoms with E-state index in [1.54, 1.807) is 6.07 Å². The molecule has 84 valence electrons. The van der Waals surface area contributed by atoms with Gasteiger partial charge in [-0.15, -0.1) is 0 Å². The molecule has 6 nitrogen and oxygen atoms in total.